The molecule has 9 heteroatoms. The lowest BCUT2D eigenvalue weighted by Gasteiger charge is -2.29. The fraction of sp³-hybridized carbons (Fsp3) is 0.600. The van der Waals surface area contributed by atoms with Crippen molar-refractivity contribution in [1.29, 1.82) is 0 Å². The third-order valence-electron chi connectivity index (χ3n) is 6.24. The van der Waals surface area contributed by atoms with Crippen LogP contribution >= 0.6 is 0 Å². The SMILES string of the molecule is COCCn1ccnc1CN1CC2CN(c3cnccn3)CC2(CCC(=O)O)C1. The molecule has 0 spiro atoms. The highest BCUT2D eigenvalue weighted by atomic mass is 16.5. The van der Waals surface area contributed by atoms with Gasteiger partial charge in [-0.25, -0.2) is 9.97 Å². The number of aliphatic carboxylic acids is 1. The summed E-state index contributed by atoms with van der Waals surface area (Å²) in [6.07, 6.45) is 9.86. The molecule has 2 unspecified atom stereocenters. The van der Waals surface area contributed by atoms with E-state index in [2.05, 4.69) is 29.3 Å². The van der Waals surface area contributed by atoms with Crippen LogP contribution in [0.3, 0.4) is 0 Å². The number of hydrogen-bond donors (Lipinski definition) is 1. The molecule has 1 N–H and O–H groups in total. The molecular weight excluding hydrogens is 372 g/mol. The standard InChI is InChI=1S/C20H28N6O3/c1-29-9-8-25-7-6-23-18(25)13-24-11-16-12-26(17-10-21-4-5-22-17)15-20(16,14-24)3-2-19(27)28/h4-7,10,16H,2-3,8-9,11-15H2,1H3,(H,27,28). The number of carboxylic acids is 1. The lowest BCUT2D eigenvalue weighted by atomic mass is 9.77. The van der Waals surface area contributed by atoms with Crippen molar-refractivity contribution in [3.63, 3.8) is 0 Å². The van der Waals surface area contributed by atoms with Crippen molar-refractivity contribution in [2.24, 2.45) is 11.3 Å². The summed E-state index contributed by atoms with van der Waals surface area (Å²) in [4.78, 5) is 29.1. The zero-order valence-electron chi connectivity index (χ0n) is 16.8. The second-order valence-electron chi connectivity index (χ2n) is 8.10. The maximum Gasteiger partial charge on any atom is 0.303 e. The van der Waals surface area contributed by atoms with Crippen LogP contribution in [0.15, 0.2) is 31.0 Å². The van der Waals surface area contributed by atoms with Crippen LogP contribution in [0.2, 0.25) is 0 Å². The van der Waals surface area contributed by atoms with E-state index in [1.807, 2.05) is 12.4 Å². The summed E-state index contributed by atoms with van der Waals surface area (Å²) >= 11 is 0. The number of aromatic nitrogens is 4. The minimum atomic E-state index is -0.732. The van der Waals surface area contributed by atoms with Gasteiger partial charge in [0, 0.05) is 76.5 Å². The number of likely N-dealkylation sites (tertiary alicyclic amines) is 1. The van der Waals surface area contributed by atoms with Gasteiger partial charge in [-0.05, 0) is 12.3 Å². The first-order valence-corrected chi connectivity index (χ1v) is 10.0. The lowest BCUT2D eigenvalue weighted by Crippen LogP contribution is -2.35. The summed E-state index contributed by atoms with van der Waals surface area (Å²) in [6, 6.07) is 0. The van der Waals surface area contributed by atoms with Crippen molar-refractivity contribution < 1.29 is 14.6 Å². The quantitative estimate of drug-likeness (QED) is 0.669. The Morgan fingerprint density at radius 1 is 1.28 bits per heavy atom. The number of hydrogen-bond acceptors (Lipinski definition) is 7. The van der Waals surface area contributed by atoms with Crippen LogP contribution in [0.5, 0.6) is 0 Å². The summed E-state index contributed by atoms with van der Waals surface area (Å²) in [5.74, 6) is 1.58. The van der Waals surface area contributed by atoms with Gasteiger partial charge in [-0.1, -0.05) is 0 Å². The van der Waals surface area contributed by atoms with Gasteiger partial charge in [0.05, 0.1) is 19.3 Å². The van der Waals surface area contributed by atoms with E-state index >= 15 is 0 Å². The minimum absolute atomic E-state index is 0.0418. The Labute approximate surface area is 170 Å². The Hall–Kier alpha value is -2.52. The third kappa shape index (κ3) is 4.25. The van der Waals surface area contributed by atoms with E-state index in [1.165, 1.54) is 0 Å². The Kier molecular flexibility index (Phi) is 5.77. The van der Waals surface area contributed by atoms with Gasteiger partial charge < -0.3 is 19.3 Å². The second kappa shape index (κ2) is 8.46. The van der Waals surface area contributed by atoms with Crippen LogP contribution in [0, 0.1) is 11.3 Å². The Bertz CT molecular complexity index is 829. The maximum absolute atomic E-state index is 11.3. The van der Waals surface area contributed by atoms with Crippen LogP contribution < -0.4 is 4.90 Å². The first-order chi connectivity index (χ1) is 14.1. The molecule has 2 aromatic rings. The number of fused-ring (bicyclic) bond motifs is 1. The van der Waals surface area contributed by atoms with E-state index < -0.39 is 5.97 Å². The van der Waals surface area contributed by atoms with E-state index in [4.69, 9.17) is 4.74 Å². The molecule has 0 saturated carbocycles. The minimum Gasteiger partial charge on any atom is -0.481 e. The predicted octanol–water partition coefficient (Wildman–Crippen LogP) is 1.12. The molecule has 2 aliphatic rings. The van der Waals surface area contributed by atoms with Gasteiger partial charge in [0.1, 0.15) is 11.6 Å². The fourth-order valence-corrected chi connectivity index (χ4v) is 4.84. The molecule has 2 aromatic heterocycles. The smallest absolute Gasteiger partial charge is 0.303 e. The number of imidazole rings is 1. The van der Waals surface area contributed by atoms with Crippen molar-refractivity contribution in [2.75, 3.05) is 44.8 Å². The molecule has 2 saturated heterocycles. The fourth-order valence-electron chi connectivity index (χ4n) is 4.84. The largest absolute Gasteiger partial charge is 0.481 e. The predicted molar refractivity (Wildman–Crippen MR) is 106 cm³/mol. The first kappa shape index (κ1) is 19.8. The Balaban J connectivity index is 1.47. The van der Waals surface area contributed by atoms with Crippen LogP contribution in [0.25, 0.3) is 0 Å². The number of methoxy groups -OCH3 is 1. The highest BCUT2D eigenvalue weighted by Gasteiger charge is 2.52. The van der Waals surface area contributed by atoms with Crippen LogP contribution in [-0.2, 0) is 22.6 Å². The number of anilines is 1. The summed E-state index contributed by atoms with van der Waals surface area (Å²) in [7, 11) is 1.70. The molecule has 2 aliphatic heterocycles. The first-order valence-electron chi connectivity index (χ1n) is 10.0. The van der Waals surface area contributed by atoms with E-state index in [1.54, 1.807) is 25.7 Å². The van der Waals surface area contributed by atoms with E-state index in [0.717, 1.165) is 50.9 Å². The number of ether oxygens (including phenoxy) is 1. The van der Waals surface area contributed by atoms with Crippen LogP contribution in [0.1, 0.15) is 18.7 Å². The highest BCUT2D eigenvalue weighted by molar-refractivity contribution is 5.66. The van der Waals surface area contributed by atoms with Gasteiger partial charge in [-0.2, -0.15) is 0 Å². The van der Waals surface area contributed by atoms with Crippen molar-refractivity contribution in [3.05, 3.63) is 36.8 Å². The van der Waals surface area contributed by atoms with Gasteiger partial charge in [-0.15, -0.1) is 0 Å². The van der Waals surface area contributed by atoms with E-state index in [-0.39, 0.29) is 11.8 Å². The zero-order chi connectivity index (χ0) is 20.3. The molecule has 9 nitrogen and oxygen atoms in total. The molecule has 0 aromatic carbocycles. The molecule has 4 rings (SSSR count). The Morgan fingerprint density at radius 2 is 2.17 bits per heavy atom. The lowest BCUT2D eigenvalue weighted by molar-refractivity contribution is -0.137. The van der Waals surface area contributed by atoms with Crippen molar-refractivity contribution >= 4 is 11.8 Å². The van der Waals surface area contributed by atoms with Crippen LogP contribution in [-0.4, -0.2) is 75.4 Å². The number of carboxylic acid groups (broad SMARTS) is 1. The highest BCUT2D eigenvalue weighted by Crippen LogP contribution is 2.47. The molecule has 4 heterocycles. The van der Waals surface area contributed by atoms with Crippen molar-refractivity contribution in [2.45, 2.75) is 25.9 Å². The monoisotopic (exact) mass is 400 g/mol. The van der Waals surface area contributed by atoms with Gasteiger partial charge in [-0.3, -0.25) is 14.7 Å². The zero-order valence-corrected chi connectivity index (χ0v) is 16.8. The van der Waals surface area contributed by atoms with Gasteiger partial charge in [0.2, 0.25) is 0 Å². The average Bonchev–Trinajstić information content (AvgIpc) is 3.38. The number of rotatable bonds is 9. The molecular formula is C20H28N6O3. The molecule has 0 radical (unpaired) electrons. The number of nitrogens with zero attached hydrogens (tertiary/aromatic N) is 6. The summed E-state index contributed by atoms with van der Waals surface area (Å²) in [6.45, 7) is 5.72. The summed E-state index contributed by atoms with van der Waals surface area (Å²) in [5.41, 5.74) is -0.0418. The topological polar surface area (TPSA) is 96.6 Å². The molecule has 156 valence electrons. The van der Waals surface area contributed by atoms with Gasteiger partial charge in [0.25, 0.3) is 0 Å². The average molecular weight is 400 g/mol. The van der Waals surface area contributed by atoms with Gasteiger partial charge in [0.15, 0.2) is 0 Å². The van der Waals surface area contributed by atoms with Gasteiger partial charge >= 0.3 is 5.97 Å². The summed E-state index contributed by atoms with van der Waals surface area (Å²) < 4.78 is 7.32. The van der Waals surface area contributed by atoms with Crippen molar-refractivity contribution in [3.8, 4) is 0 Å². The second-order valence-corrected chi connectivity index (χ2v) is 8.10. The molecule has 2 atom stereocenters. The molecule has 0 amide bonds. The normalized spacial score (nSPS) is 24.2. The molecule has 0 aliphatic carbocycles. The maximum atomic E-state index is 11.3. The third-order valence-corrected chi connectivity index (χ3v) is 6.24. The van der Waals surface area contributed by atoms with E-state index in [9.17, 15) is 9.90 Å². The van der Waals surface area contributed by atoms with Crippen LogP contribution in [0.4, 0.5) is 5.82 Å². The molecule has 2 fully saturated rings. The number of carbonyl (C=O) groups is 1. The van der Waals surface area contributed by atoms with Crippen molar-refractivity contribution in [1.82, 2.24) is 24.4 Å². The summed E-state index contributed by atoms with van der Waals surface area (Å²) in [5, 5.41) is 9.29. The Morgan fingerprint density at radius 3 is 2.93 bits per heavy atom. The molecule has 0 bridgehead atoms. The molecule has 29 heavy (non-hydrogen) atoms. The van der Waals surface area contributed by atoms with E-state index in [0.29, 0.717) is 18.9 Å².